The Morgan fingerprint density at radius 3 is 2.11 bits per heavy atom. The number of fused-ring (bicyclic) bond motifs is 5. The van der Waals surface area contributed by atoms with Gasteiger partial charge in [-0.05, 0) is 70.1 Å². The molecule has 304 valence electrons. The Morgan fingerprint density at radius 1 is 1.02 bits per heavy atom. The van der Waals surface area contributed by atoms with E-state index >= 15 is 0 Å². The molecule has 1 aromatic carbocycles. The largest absolute Gasteiger partial charge is 0.508 e. The van der Waals surface area contributed by atoms with Crippen molar-refractivity contribution >= 4 is 29.8 Å². The van der Waals surface area contributed by atoms with Crippen LogP contribution in [0.3, 0.4) is 0 Å². The maximum Gasteiger partial charge on any atom is 0.508 e. The Bertz CT molecular complexity index is 1650. The molecule has 7 atom stereocenters. The van der Waals surface area contributed by atoms with Gasteiger partial charge in [0.2, 0.25) is 0 Å². The lowest BCUT2D eigenvalue weighted by molar-refractivity contribution is -0.244. The smallest absolute Gasteiger partial charge is 0.481 e. The lowest BCUT2D eigenvalue weighted by atomic mass is 9.47. The van der Waals surface area contributed by atoms with Crippen LogP contribution in [-0.2, 0) is 44.7 Å². The highest BCUT2D eigenvalue weighted by Gasteiger charge is 2.68. The van der Waals surface area contributed by atoms with E-state index in [1.807, 2.05) is 72.7 Å². The van der Waals surface area contributed by atoms with Crippen LogP contribution in [0.1, 0.15) is 99.1 Å². The number of allylic oxidation sites excluding steroid dienone is 4. The normalized spacial score (nSPS) is 28.9. The average molecular weight is 769 g/mol. The van der Waals surface area contributed by atoms with E-state index in [-0.39, 0.29) is 35.9 Å². The molecular formula is C43H60O12. The van der Waals surface area contributed by atoms with Gasteiger partial charge < -0.3 is 34.3 Å². The average Bonchev–Trinajstić information content (AvgIpc) is 3.10. The van der Waals surface area contributed by atoms with Crippen LogP contribution in [-0.4, -0.2) is 75.7 Å². The first-order chi connectivity index (χ1) is 25.7. The van der Waals surface area contributed by atoms with E-state index in [0.29, 0.717) is 37.9 Å². The summed E-state index contributed by atoms with van der Waals surface area (Å²) in [6.07, 6.45) is 4.94. The predicted octanol–water partition coefficient (Wildman–Crippen LogP) is 7.71. The second-order valence-corrected chi connectivity index (χ2v) is 14.9. The van der Waals surface area contributed by atoms with Crippen molar-refractivity contribution in [3.8, 4) is 0 Å². The molecule has 0 amide bonds. The van der Waals surface area contributed by atoms with Crippen molar-refractivity contribution in [1.29, 1.82) is 0 Å². The van der Waals surface area contributed by atoms with Crippen molar-refractivity contribution in [1.82, 2.24) is 0 Å². The maximum absolute atomic E-state index is 14.6. The molecule has 1 saturated heterocycles. The van der Waals surface area contributed by atoms with E-state index in [1.54, 1.807) is 19.1 Å². The number of aryl methyl sites for hydroxylation is 1. The van der Waals surface area contributed by atoms with Gasteiger partial charge in [-0.2, -0.15) is 0 Å². The van der Waals surface area contributed by atoms with Gasteiger partial charge in [-0.1, -0.05) is 87.9 Å². The highest BCUT2D eigenvalue weighted by Crippen LogP contribution is 2.61. The number of aliphatic carboxylic acids is 2. The number of hydrogen-bond donors (Lipinski definition) is 3. The van der Waals surface area contributed by atoms with Crippen LogP contribution in [0.15, 0.2) is 71.9 Å². The minimum Gasteiger partial charge on any atom is -0.481 e. The summed E-state index contributed by atoms with van der Waals surface area (Å²) in [4.78, 5) is 59.2. The SMILES string of the molecule is C=C/C(=C\C=C/C)C(=O)O.CC.CC(=O)O.CC(=O)OC1C(=O)C2(C)C(OC(=O)OCc3ccc(C)cc3)CC3OCC3C2CC2(O)CCC(C)=C1C2(C)C. The molecule has 55 heavy (non-hydrogen) atoms. The molecule has 12 heteroatoms. The van der Waals surface area contributed by atoms with Gasteiger partial charge in [0, 0.05) is 31.6 Å². The monoisotopic (exact) mass is 768 g/mol. The van der Waals surface area contributed by atoms with Gasteiger partial charge in [0.25, 0.3) is 5.97 Å². The van der Waals surface area contributed by atoms with Gasteiger partial charge in [0.05, 0.1) is 29.3 Å². The first-order valence-electron chi connectivity index (χ1n) is 18.8. The number of hydrogen-bond acceptors (Lipinski definition) is 10. The van der Waals surface area contributed by atoms with Crippen LogP contribution in [0.5, 0.6) is 0 Å². The number of Topliss-reactive ketones (excluding diaryl/α,β-unsaturated/α-hetero) is 1. The minimum absolute atomic E-state index is 0.0220. The van der Waals surface area contributed by atoms with Gasteiger partial charge in [-0.3, -0.25) is 14.4 Å². The number of aliphatic hydroxyl groups is 1. The molecule has 0 spiro atoms. The number of benzene rings is 1. The van der Waals surface area contributed by atoms with Gasteiger partial charge in [-0.25, -0.2) is 9.59 Å². The second kappa shape index (κ2) is 19.9. The number of esters is 1. The molecule has 3 aliphatic carbocycles. The second-order valence-electron chi connectivity index (χ2n) is 14.9. The van der Waals surface area contributed by atoms with E-state index in [1.165, 1.54) is 19.1 Å². The zero-order valence-electron chi connectivity index (χ0n) is 34.0. The fourth-order valence-electron chi connectivity index (χ4n) is 7.97. The van der Waals surface area contributed by atoms with Gasteiger partial charge in [-0.15, -0.1) is 0 Å². The molecule has 2 saturated carbocycles. The Hall–Kier alpha value is -4.55. The molecule has 5 rings (SSSR count). The predicted molar refractivity (Wildman–Crippen MR) is 207 cm³/mol. The number of ketones is 1. The van der Waals surface area contributed by atoms with E-state index in [0.717, 1.165) is 23.6 Å². The zero-order valence-corrected chi connectivity index (χ0v) is 34.0. The number of carboxylic acid groups (broad SMARTS) is 2. The standard InChI is InChI=1S/C31H40O8.C8H10O2.C2H4O2.C2H6/c1-17-7-9-20(10-8-17)15-37-28(34)39-24-13-23-21(16-36-23)22-14-31(35)12-11-18(2)25(29(31,4)5)26(38-19(3)32)27(33)30(22,24)6;1-3-5-6-7(4-2)8(9)10;1-2(3)4;1-2/h7-10,21-24,26,35H,11-16H2,1-6H3;3-6H,2H2,1H3,(H,9,10);1H3,(H,3,4);1-2H3/b;5-3-,7-6+;;. The Morgan fingerprint density at radius 2 is 1.62 bits per heavy atom. The summed E-state index contributed by atoms with van der Waals surface area (Å²) in [6.45, 7) is 21.6. The summed E-state index contributed by atoms with van der Waals surface area (Å²) in [5.41, 5.74) is 0.575. The highest BCUT2D eigenvalue weighted by atomic mass is 16.7. The van der Waals surface area contributed by atoms with Crippen LogP contribution in [0.4, 0.5) is 4.79 Å². The Kier molecular flexibility index (Phi) is 16.8. The summed E-state index contributed by atoms with van der Waals surface area (Å²) in [5.74, 6) is -2.97. The van der Waals surface area contributed by atoms with Crippen molar-refractivity contribution in [3.63, 3.8) is 0 Å². The van der Waals surface area contributed by atoms with E-state index in [4.69, 9.17) is 34.0 Å². The molecule has 0 aromatic heterocycles. The highest BCUT2D eigenvalue weighted by molar-refractivity contribution is 5.95. The number of rotatable bonds is 7. The third-order valence-corrected chi connectivity index (χ3v) is 11.1. The number of ether oxygens (including phenoxy) is 4. The van der Waals surface area contributed by atoms with Crippen LogP contribution in [0.2, 0.25) is 0 Å². The van der Waals surface area contributed by atoms with Crippen LogP contribution in [0.25, 0.3) is 0 Å². The Balaban J connectivity index is 0.000000554. The number of carbonyl (C=O) groups excluding carboxylic acids is 3. The molecule has 12 nitrogen and oxygen atoms in total. The van der Waals surface area contributed by atoms with Crippen LogP contribution >= 0.6 is 0 Å². The molecule has 3 fully saturated rings. The van der Waals surface area contributed by atoms with Crippen molar-refractivity contribution < 1.29 is 58.2 Å². The molecule has 2 bridgehead atoms. The number of carbonyl (C=O) groups is 5. The minimum atomic E-state index is -1.22. The fraction of sp³-hybridized carbons (Fsp3) is 0.558. The summed E-state index contributed by atoms with van der Waals surface area (Å²) >= 11 is 0. The van der Waals surface area contributed by atoms with E-state index in [2.05, 4.69) is 6.58 Å². The van der Waals surface area contributed by atoms with E-state index in [9.17, 15) is 24.3 Å². The maximum atomic E-state index is 14.6. The molecule has 1 aromatic rings. The number of carboxylic acids is 2. The lowest BCUT2D eigenvalue weighted by Crippen LogP contribution is -2.69. The quantitative estimate of drug-likeness (QED) is 0.107. The summed E-state index contributed by atoms with van der Waals surface area (Å²) < 4.78 is 23.0. The third-order valence-electron chi connectivity index (χ3n) is 11.1. The van der Waals surface area contributed by atoms with Crippen molar-refractivity contribution in [2.75, 3.05) is 6.61 Å². The van der Waals surface area contributed by atoms with Crippen molar-refractivity contribution in [3.05, 3.63) is 83.0 Å². The van der Waals surface area contributed by atoms with Gasteiger partial charge in [0.15, 0.2) is 11.9 Å². The molecule has 1 heterocycles. The topological polar surface area (TPSA) is 183 Å². The van der Waals surface area contributed by atoms with Crippen LogP contribution in [0, 0.1) is 29.6 Å². The van der Waals surface area contributed by atoms with Gasteiger partial charge in [0.1, 0.15) is 12.7 Å². The first-order valence-corrected chi connectivity index (χ1v) is 18.8. The zero-order chi connectivity index (χ0) is 41.9. The van der Waals surface area contributed by atoms with Crippen molar-refractivity contribution in [2.45, 2.75) is 125 Å². The van der Waals surface area contributed by atoms with Crippen LogP contribution < -0.4 is 0 Å². The molecule has 0 radical (unpaired) electrons. The summed E-state index contributed by atoms with van der Waals surface area (Å²) in [5, 5.41) is 28.1. The molecule has 1 aliphatic heterocycles. The summed E-state index contributed by atoms with van der Waals surface area (Å²) in [6, 6.07) is 7.64. The first kappa shape index (κ1) is 46.6. The van der Waals surface area contributed by atoms with Crippen molar-refractivity contribution in [2.24, 2.45) is 22.7 Å². The van der Waals surface area contributed by atoms with E-state index < -0.39 is 52.7 Å². The molecule has 3 N–H and O–H groups in total. The lowest BCUT2D eigenvalue weighted by Gasteiger charge is -2.62. The molecular weight excluding hydrogens is 708 g/mol. The Labute approximate surface area is 325 Å². The molecule has 7 unspecified atom stereocenters. The fourth-order valence-corrected chi connectivity index (χ4v) is 7.97. The third kappa shape index (κ3) is 10.8. The molecule has 4 aliphatic rings. The summed E-state index contributed by atoms with van der Waals surface area (Å²) in [7, 11) is 0. The van der Waals surface area contributed by atoms with Gasteiger partial charge >= 0.3 is 18.1 Å².